The van der Waals surface area contributed by atoms with E-state index < -0.39 is 0 Å². The molecule has 2 nitrogen and oxygen atoms in total. The lowest BCUT2D eigenvalue weighted by Gasteiger charge is -1.92. The van der Waals surface area contributed by atoms with Crippen molar-refractivity contribution in [1.82, 2.24) is 9.55 Å². The van der Waals surface area contributed by atoms with E-state index in [9.17, 15) is 0 Å². The third-order valence-corrected chi connectivity index (χ3v) is 2.19. The fourth-order valence-electron chi connectivity index (χ4n) is 0.400. The number of nitrogens with zero attached hydrogens (tertiary/aromatic N) is 2. The Bertz CT molecular complexity index is 174. The monoisotopic (exact) mass is 286 g/mol. The Morgan fingerprint density at radius 2 is 2.62 bits per heavy atom. The van der Waals surface area contributed by atoms with Crippen LogP contribution in [0.5, 0.6) is 0 Å². The van der Waals surface area contributed by atoms with E-state index in [2.05, 4.69) is 43.5 Å². The van der Waals surface area contributed by atoms with Gasteiger partial charge in [-0.2, -0.15) is 0 Å². The molecule has 1 rings (SSSR count). The zero-order valence-electron chi connectivity index (χ0n) is 4.01. The Labute approximate surface area is 69.6 Å². The van der Waals surface area contributed by atoms with Gasteiger partial charge in [0.1, 0.15) is 0 Å². The molecule has 44 valence electrons. The zero-order valence-corrected chi connectivity index (χ0v) is 7.76. The molecule has 0 aliphatic heterocycles. The molecule has 4 heteroatoms. The lowest BCUT2D eigenvalue weighted by Crippen LogP contribution is -1.87. The van der Waals surface area contributed by atoms with E-state index in [0.717, 1.165) is 9.29 Å². The summed E-state index contributed by atoms with van der Waals surface area (Å²) in [5.41, 5.74) is 0. The summed E-state index contributed by atoms with van der Waals surface area (Å²) in [6.07, 6.45) is 3.69. The van der Waals surface area contributed by atoms with Gasteiger partial charge in [0.15, 0.2) is 4.73 Å². The minimum atomic E-state index is 0.895. The van der Waals surface area contributed by atoms with Gasteiger partial charge in [0, 0.05) is 12.4 Å². The van der Waals surface area contributed by atoms with Crippen LogP contribution in [0.1, 0.15) is 0 Å². The SMILES string of the molecule is Brc1nccn1CI. The molecule has 0 bridgehead atoms. The molecule has 0 N–H and O–H groups in total. The Morgan fingerprint density at radius 3 is 2.88 bits per heavy atom. The summed E-state index contributed by atoms with van der Waals surface area (Å²) in [6.45, 7) is 0. The summed E-state index contributed by atoms with van der Waals surface area (Å²) in [4.78, 5) is 3.96. The second kappa shape index (κ2) is 2.82. The third-order valence-electron chi connectivity index (χ3n) is 0.793. The number of hydrogen-bond acceptors (Lipinski definition) is 1. The van der Waals surface area contributed by atoms with Crippen LogP contribution in [0.15, 0.2) is 17.1 Å². The van der Waals surface area contributed by atoms with Crippen molar-refractivity contribution >= 4 is 38.5 Å². The van der Waals surface area contributed by atoms with Gasteiger partial charge in [-0.25, -0.2) is 4.98 Å². The van der Waals surface area contributed by atoms with Gasteiger partial charge < -0.3 is 4.57 Å². The molecule has 0 aromatic carbocycles. The van der Waals surface area contributed by atoms with E-state index >= 15 is 0 Å². The molecule has 0 fully saturated rings. The number of alkyl halides is 1. The minimum absolute atomic E-state index is 0.895. The quantitative estimate of drug-likeness (QED) is 0.571. The van der Waals surface area contributed by atoms with Crippen molar-refractivity contribution in [2.75, 3.05) is 0 Å². The van der Waals surface area contributed by atoms with Crippen LogP contribution in [0, 0.1) is 0 Å². The van der Waals surface area contributed by atoms with Crippen molar-refractivity contribution in [3.05, 3.63) is 17.1 Å². The molecule has 0 atom stereocenters. The molecule has 0 aliphatic rings. The standard InChI is InChI=1S/C4H4BrIN2/c5-4-7-1-2-8(4)3-6/h1-2H,3H2. The highest BCUT2D eigenvalue weighted by atomic mass is 127. The van der Waals surface area contributed by atoms with Gasteiger partial charge in [-0.05, 0) is 15.9 Å². The molecule has 1 aromatic heterocycles. The number of aromatic nitrogens is 2. The number of imidazole rings is 1. The summed E-state index contributed by atoms with van der Waals surface area (Å²) >= 11 is 5.54. The van der Waals surface area contributed by atoms with Gasteiger partial charge in [-0.1, -0.05) is 22.6 Å². The molecule has 1 heterocycles. The van der Waals surface area contributed by atoms with Crippen LogP contribution in [-0.2, 0) is 4.55 Å². The second-order valence-electron chi connectivity index (χ2n) is 1.29. The second-order valence-corrected chi connectivity index (χ2v) is 2.68. The first-order chi connectivity index (χ1) is 3.84. The average Bonchev–Trinajstić information content (AvgIpc) is 2.14. The molecular formula is C4H4BrIN2. The van der Waals surface area contributed by atoms with E-state index in [1.807, 2.05) is 10.8 Å². The Balaban J connectivity index is 2.92. The first kappa shape index (κ1) is 6.54. The molecule has 0 amide bonds. The molecular weight excluding hydrogens is 283 g/mol. The normalized spacial score (nSPS) is 9.75. The van der Waals surface area contributed by atoms with Gasteiger partial charge in [-0.3, -0.25) is 0 Å². The van der Waals surface area contributed by atoms with Gasteiger partial charge in [0.2, 0.25) is 0 Å². The molecule has 0 saturated carbocycles. The van der Waals surface area contributed by atoms with E-state index in [-0.39, 0.29) is 0 Å². The number of rotatable bonds is 1. The predicted molar refractivity (Wildman–Crippen MR) is 43.9 cm³/mol. The van der Waals surface area contributed by atoms with Crippen molar-refractivity contribution in [2.45, 2.75) is 4.55 Å². The maximum absolute atomic E-state index is 3.96. The molecule has 0 unspecified atom stereocenters. The van der Waals surface area contributed by atoms with E-state index in [1.165, 1.54) is 0 Å². The Hall–Kier alpha value is 0.420. The summed E-state index contributed by atoms with van der Waals surface area (Å²) in [6, 6.07) is 0. The van der Waals surface area contributed by atoms with Crippen LogP contribution < -0.4 is 0 Å². The van der Waals surface area contributed by atoms with Crippen molar-refractivity contribution in [3.8, 4) is 0 Å². The zero-order chi connectivity index (χ0) is 5.98. The van der Waals surface area contributed by atoms with Crippen molar-refractivity contribution in [3.63, 3.8) is 0 Å². The summed E-state index contributed by atoms with van der Waals surface area (Å²) < 4.78 is 3.84. The fourth-order valence-corrected chi connectivity index (χ4v) is 1.78. The summed E-state index contributed by atoms with van der Waals surface area (Å²) in [5.74, 6) is 0. The van der Waals surface area contributed by atoms with Crippen LogP contribution >= 0.6 is 38.5 Å². The van der Waals surface area contributed by atoms with E-state index in [4.69, 9.17) is 0 Å². The van der Waals surface area contributed by atoms with Crippen LogP contribution in [-0.4, -0.2) is 9.55 Å². The highest BCUT2D eigenvalue weighted by molar-refractivity contribution is 14.1. The average molecular weight is 287 g/mol. The van der Waals surface area contributed by atoms with Crippen molar-refractivity contribution in [1.29, 1.82) is 0 Å². The highest BCUT2D eigenvalue weighted by Gasteiger charge is 1.91. The lowest BCUT2D eigenvalue weighted by atomic mass is 10.9. The number of hydrogen-bond donors (Lipinski definition) is 0. The first-order valence-corrected chi connectivity index (χ1v) is 4.39. The van der Waals surface area contributed by atoms with Crippen molar-refractivity contribution in [2.24, 2.45) is 0 Å². The molecule has 0 radical (unpaired) electrons. The van der Waals surface area contributed by atoms with Gasteiger partial charge in [0.05, 0.1) is 4.55 Å². The summed E-state index contributed by atoms with van der Waals surface area (Å²) in [7, 11) is 0. The predicted octanol–water partition coefficient (Wildman–Crippen LogP) is 2.04. The third kappa shape index (κ3) is 1.22. The van der Waals surface area contributed by atoms with Gasteiger partial charge >= 0.3 is 0 Å². The van der Waals surface area contributed by atoms with Crippen molar-refractivity contribution < 1.29 is 0 Å². The topological polar surface area (TPSA) is 17.8 Å². The Kier molecular flexibility index (Phi) is 2.30. The fraction of sp³-hybridized carbons (Fsp3) is 0.250. The molecule has 1 aromatic rings. The first-order valence-electron chi connectivity index (χ1n) is 2.07. The van der Waals surface area contributed by atoms with E-state index in [1.54, 1.807) is 6.20 Å². The molecule has 8 heavy (non-hydrogen) atoms. The Morgan fingerprint density at radius 1 is 1.88 bits per heavy atom. The lowest BCUT2D eigenvalue weighted by molar-refractivity contribution is 0.881. The minimum Gasteiger partial charge on any atom is -0.316 e. The maximum Gasteiger partial charge on any atom is 0.177 e. The van der Waals surface area contributed by atoms with Gasteiger partial charge in [0.25, 0.3) is 0 Å². The summed E-state index contributed by atoms with van der Waals surface area (Å²) in [5, 5.41) is 0. The van der Waals surface area contributed by atoms with Crippen LogP contribution in [0.25, 0.3) is 0 Å². The van der Waals surface area contributed by atoms with Gasteiger partial charge in [-0.15, -0.1) is 0 Å². The molecule has 0 spiro atoms. The maximum atomic E-state index is 3.96. The smallest absolute Gasteiger partial charge is 0.177 e. The van der Waals surface area contributed by atoms with Crippen LogP contribution in [0.2, 0.25) is 0 Å². The molecule has 0 saturated heterocycles. The largest absolute Gasteiger partial charge is 0.316 e. The highest BCUT2D eigenvalue weighted by Crippen LogP contribution is 2.06. The van der Waals surface area contributed by atoms with Crippen LogP contribution in [0.3, 0.4) is 0 Å². The molecule has 0 aliphatic carbocycles. The van der Waals surface area contributed by atoms with Crippen LogP contribution in [0.4, 0.5) is 0 Å². The number of halogens is 2. The van der Waals surface area contributed by atoms with E-state index in [0.29, 0.717) is 0 Å².